The van der Waals surface area contributed by atoms with Crippen LogP contribution in [0.1, 0.15) is 80.6 Å². The topological polar surface area (TPSA) is 190 Å². The average Bonchev–Trinajstić information content (AvgIpc) is 3.68. The lowest BCUT2D eigenvalue weighted by Gasteiger charge is -2.33. The maximum absolute atomic E-state index is 12.9. The van der Waals surface area contributed by atoms with Crippen molar-refractivity contribution in [2.75, 3.05) is 0 Å². The number of carbonyl (C=O) groups excluding carboxylic acids is 4. The molecule has 1 fully saturated rings. The smallest absolute Gasteiger partial charge is 0.404 e. The molecule has 248 valence electrons. The number of rotatable bonds is 11. The van der Waals surface area contributed by atoms with E-state index < -0.39 is 48.0 Å². The SMILES string of the molecule is CCC(OC(N)=O)C(C)C1OC1CC(C)C=CC=C(C)C1OC(=O)CC(OC(N)=O)CCC(C)(O)C(OC(C)=O)C=CC1C. The molecule has 2 heterocycles. The van der Waals surface area contributed by atoms with Crippen molar-refractivity contribution in [1.29, 1.82) is 0 Å². The van der Waals surface area contributed by atoms with Crippen molar-refractivity contribution in [3.63, 3.8) is 0 Å². The first-order valence-corrected chi connectivity index (χ1v) is 15.2. The van der Waals surface area contributed by atoms with Crippen LogP contribution < -0.4 is 11.5 Å². The second-order valence-corrected chi connectivity index (χ2v) is 12.2. The summed E-state index contributed by atoms with van der Waals surface area (Å²) in [6, 6.07) is 0. The van der Waals surface area contributed by atoms with Gasteiger partial charge in [0.1, 0.15) is 30.0 Å². The van der Waals surface area contributed by atoms with E-state index in [4.69, 9.17) is 35.2 Å². The van der Waals surface area contributed by atoms with Gasteiger partial charge in [0.15, 0.2) is 0 Å². The second-order valence-electron chi connectivity index (χ2n) is 12.2. The first kappa shape index (κ1) is 36.8. The number of hydrogen-bond acceptors (Lipinski definition) is 10. The lowest BCUT2D eigenvalue weighted by atomic mass is 9.88. The Morgan fingerprint density at radius 2 is 1.84 bits per heavy atom. The molecule has 0 radical (unpaired) electrons. The Morgan fingerprint density at radius 3 is 2.43 bits per heavy atom. The van der Waals surface area contributed by atoms with E-state index in [2.05, 4.69) is 6.92 Å². The maximum Gasteiger partial charge on any atom is 0.404 e. The summed E-state index contributed by atoms with van der Waals surface area (Å²) in [6.45, 7) is 12.5. The zero-order valence-electron chi connectivity index (χ0n) is 26.9. The number of amides is 2. The van der Waals surface area contributed by atoms with Crippen LogP contribution in [0, 0.1) is 17.8 Å². The van der Waals surface area contributed by atoms with Crippen molar-refractivity contribution in [3.8, 4) is 0 Å². The van der Waals surface area contributed by atoms with Gasteiger partial charge in [0.2, 0.25) is 0 Å². The van der Waals surface area contributed by atoms with E-state index in [1.165, 1.54) is 13.8 Å². The van der Waals surface area contributed by atoms with E-state index in [-0.39, 0.29) is 55.3 Å². The van der Waals surface area contributed by atoms with Gasteiger partial charge in [0, 0.05) is 18.8 Å². The highest BCUT2D eigenvalue weighted by Crippen LogP contribution is 2.37. The standard InChI is InChI=1S/C32H50N2O10/c1-8-24(43-31(34)38)21(5)29-25(42-29)16-18(2)10-9-11-19(3)28-20(4)12-13-26(40-22(6)35)32(7,39)15-14-23(41-30(33)37)17-27(36)44-28/h9-13,18,20-21,23-26,28-29,39H,8,14-17H2,1-7H3,(H2,33,37)(H2,34,38). The monoisotopic (exact) mass is 622 g/mol. The molecule has 2 rings (SSSR count). The number of hydrogen-bond donors (Lipinski definition) is 3. The first-order chi connectivity index (χ1) is 20.5. The van der Waals surface area contributed by atoms with Crippen LogP contribution in [0.2, 0.25) is 0 Å². The molecule has 0 aliphatic carbocycles. The van der Waals surface area contributed by atoms with Crippen molar-refractivity contribution in [1.82, 2.24) is 0 Å². The molecule has 2 aliphatic heterocycles. The number of esters is 2. The zero-order valence-corrected chi connectivity index (χ0v) is 26.9. The molecule has 10 unspecified atom stereocenters. The van der Waals surface area contributed by atoms with Gasteiger partial charge in [-0.25, -0.2) is 9.59 Å². The van der Waals surface area contributed by atoms with Gasteiger partial charge in [-0.15, -0.1) is 0 Å². The van der Waals surface area contributed by atoms with Crippen molar-refractivity contribution in [2.45, 2.75) is 123 Å². The van der Waals surface area contributed by atoms with Gasteiger partial charge in [-0.2, -0.15) is 0 Å². The molecule has 0 aromatic rings. The Bertz CT molecular complexity index is 1100. The Morgan fingerprint density at radius 1 is 1.16 bits per heavy atom. The van der Waals surface area contributed by atoms with Crippen LogP contribution >= 0.6 is 0 Å². The number of aliphatic hydroxyl groups is 1. The summed E-state index contributed by atoms with van der Waals surface area (Å²) < 4.78 is 27.5. The van der Waals surface area contributed by atoms with Crippen LogP contribution in [-0.4, -0.2) is 71.5 Å². The minimum Gasteiger partial charge on any atom is -0.457 e. The number of ether oxygens (including phenoxy) is 5. The van der Waals surface area contributed by atoms with Crippen LogP contribution in [0.4, 0.5) is 9.59 Å². The Labute approximate surface area is 260 Å². The third-order valence-electron chi connectivity index (χ3n) is 8.13. The lowest BCUT2D eigenvalue weighted by molar-refractivity contribution is -0.157. The van der Waals surface area contributed by atoms with Crippen molar-refractivity contribution in [2.24, 2.45) is 29.2 Å². The zero-order chi connectivity index (χ0) is 33.2. The molecule has 44 heavy (non-hydrogen) atoms. The second kappa shape index (κ2) is 16.6. The third kappa shape index (κ3) is 12.0. The highest BCUT2D eigenvalue weighted by atomic mass is 16.6. The van der Waals surface area contributed by atoms with E-state index in [1.54, 1.807) is 12.2 Å². The largest absolute Gasteiger partial charge is 0.457 e. The number of carbonyl (C=O) groups is 4. The van der Waals surface area contributed by atoms with Gasteiger partial charge in [-0.3, -0.25) is 9.59 Å². The molecule has 2 amide bonds. The average molecular weight is 623 g/mol. The van der Waals surface area contributed by atoms with Crippen LogP contribution in [0.3, 0.4) is 0 Å². The molecule has 5 N–H and O–H groups in total. The van der Waals surface area contributed by atoms with Gasteiger partial charge in [-0.1, -0.05) is 52.0 Å². The highest BCUT2D eigenvalue weighted by molar-refractivity contribution is 5.72. The van der Waals surface area contributed by atoms with Gasteiger partial charge in [0.25, 0.3) is 0 Å². The van der Waals surface area contributed by atoms with Gasteiger partial charge in [-0.05, 0) is 57.1 Å². The molecule has 12 heteroatoms. The van der Waals surface area contributed by atoms with E-state index in [0.717, 1.165) is 12.0 Å². The first-order valence-electron chi connectivity index (χ1n) is 15.2. The van der Waals surface area contributed by atoms with E-state index >= 15 is 0 Å². The molecule has 0 bridgehead atoms. The van der Waals surface area contributed by atoms with Crippen LogP contribution in [0.25, 0.3) is 0 Å². The fourth-order valence-electron chi connectivity index (χ4n) is 5.55. The summed E-state index contributed by atoms with van der Waals surface area (Å²) in [5.41, 5.74) is 9.66. The molecular weight excluding hydrogens is 572 g/mol. The molecule has 0 saturated carbocycles. The minimum absolute atomic E-state index is 0.00495. The molecular formula is C32H50N2O10. The normalized spacial score (nSPS) is 31.9. The summed E-state index contributed by atoms with van der Waals surface area (Å²) in [5.74, 6) is -1.31. The van der Waals surface area contributed by atoms with Gasteiger partial charge >= 0.3 is 24.1 Å². The third-order valence-corrected chi connectivity index (χ3v) is 8.13. The summed E-state index contributed by atoms with van der Waals surface area (Å²) >= 11 is 0. The summed E-state index contributed by atoms with van der Waals surface area (Å²) in [5, 5.41) is 11.1. The number of primary amides is 2. The summed E-state index contributed by atoms with van der Waals surface area (Å²) in [6.07, 6.45) is 5.78. The number of nitrogens with two attached hydrogens (primary N) is 2. The molecule has 12 nitrogen and oxygen atoms in total. The molecule has 0 aromatic carbocycles. The van der Waals surface area contributed by atoms with Crippen molar-refractivity contribution in [3.05, 3.63) is 36.0 Å². The summed E-state index contributed by atoms with van der Waals surface area (Å²) in [7, 11) is 0. The number of allylic oxidation sites excluding steroid dienone is 3. The van der Waals surface area contributed by atoms with Crippen molar-refractivity contribution >= 4 is 24.1 Å². The predicted octanol–water partition coefficient (Wildman–Crippen LogP) is 4.23. The molecule has 10 atom stereocenters. The van der Waals surface area contributed by atoms with Crippen LogP contribution in [-0.2, 0) is 33.3 Å². The van der Waals surface area contributed by atoms with Crippen LogP contribution in [0.5, 0.6) is 0 Å². The molecule has 1 saturated heterocycles. The van der Waals surface area contributed by atoms with Crippen molar-refractivity contribution < 1.29 is 48.0 Å². The molecule has 0 aromatic heterocycles. The molecule has 0 spiro atoms. The Balaban J connectivity index is 2.17. The Hall–Kier alpha value is -3.38. The number of cyclic esters (lactones) is 1. The maximum atomic E-state index is 12.9. The molecule has 2 aliphatic rings. The van der Waals surface area contributed by atoms with E-state index in [0.29, 0.717) is 6.42 Å². The van der Waals surface area contributed by atoms with Crippen LogP contribution in [0.15, 0.2) is 36.0 Å². The van der Waals surface area contributed by atoms with E-state index in [1.807, 2.05) is 45.9 Å². The highest BCUT2D eigenvalue weighted by Gasteiger charge is 2.46. The number of epoxide rings is 1. The van der Waals surface area contributed by atoms with E-state index in [9.17, 15) is 24.3 Å². The quantitative estimate of drug-likeness (QED) is 0.0988. The fourth-order valence-corrected chi connectivity index (χ4v) is 5.55. The summed E-state index contributed by atoms with van der Waals surface area (Å²) in [4.78, 5) is 47.4. The fraction of sp³-hybridized carbons (Fsp3) is 0.688. The lowest BCUT2D eigenvalue weighted by Crippen LogP contribution is -2.42. The van der Waals surface area contributed by atoms with Gasteiger partial charge in [0.05, 0.1) is 18.6 Å². The minimum atomic E-state index is -1.50. The Kier molecular flexibility index (Phi) is 13.9. The predicted molar refractivity (Wildman–Crippen MR) is 162 cm³/mol. The van der Waals surface area contributed by atoms with Gasteiger partial charge < -0.3 is 40.3 Å².